The van der Waals surface area contributed by atoms with Crippen LogP contribution in [0.25, 0.3) is 0 Å². The summed E-state index contributed by atoms with van der Waals surface area (Å²) < 4.78 is 0. The van der Waals surface area contributed by atoms with Gasteiger partial charge in [0, 0.05) is 12.8 Å². The molecule has 0 aliphatic heterocycles. The summed E-state index contributed by atoms with van der Waals surface area (Å²) in [6.07, 6.45) is 10.5. The van der Waals surface area contributed by atoms with Gasteiger partial charge in [0.15, 0.2) is 0 Å². The lowest BCUT2D eigenvalue weighted by Gasteiger charge is -2.20. The summed E-state index contributed by atoms with van der Waals surface area (Å²) in [6.45, 7) is 8.18. The second kappa shape index (κ2) is 18.4. The number of rotatable bonds is 18. The Morgan fingerprint density at radius 2 is 1.03 bits per heavy atom. The average molecular weight is 416 g/mol. The van der Waals surface area contributed by atoms with Crippen LogP contribution in [0, 0.1) is 5.92 Å². The van der Waals surface area contributed by atoms with Crippen LogP contribution in [-0.4, -0.2) is 23.3 Å². The number of carbonyl (C=O) groups excluding carboxylic acids is 3. The molecule has 0 aromatic rings. The van der Waals surface area contributed by atoms with Gasteiger partial charge in [0.25, 0.3) is 0 Å². The molecule has 0 N–H and O–H groups in total. The van der Waals surface area contributed by atoms with Crippen molar-refractivity contribution in [2.45, 2.75) is 118 Å². The van der Waals surface area contributed by atoms with Crippen molar-refractivity contribution in [3.8, 4) is 0 Å². The standard InChI is InChI=1S/C22H41NO6/c1-5-9-13-17-20(24)27-23(28-21(25)18-14-10-6-2)29-22(26)19(15-11-7-3)16-12-8-4/h19H,5-18H2,1-4H3. The van der Waals surface area contributed by atoms with Gasteiger partial charge in [0.1, 0.15) is 0 Å². The maximum absolute atomic E-state index is 12.6. The fourth-order valence-electron chi connectivity index (χ4n) is 2.78. The number of nitrogens with zero attached hydrogens (tertiary/aromatic N) is 1. The summed E-state index contributed by atoms with van der Waals surface area (Å²) in [5.74, 6) is -2.03. The zero-order chi connectivity index (χ0) is 21.9. The van der Waals surface area contributed by atoms with Crippen LogP contribution in [0.15, 0.2) is 0 Å². The molecule has 0 saturated heterocycles. The molecular formula is C22H41NO6. The molecule has 0 atom stereocenters. The third-order valence-corrected chi connectivity index (χ3v) is 4.63. The maximum Gasteiger partial charge on any atom is 0.335 e. The monoisotopic (exact) mass is 415 g/mol. The Morgan fingerprint density at radius 1 is 0.621 bits per heavy atom. The summed E-state index contributed by atoms with van der Waals surface area (Å²) in [5.41, 5.74) is 0. The first-order chi connectivity index (χ1) is 14.0. The molecule has 0 aliphatic rings. The number of hydrogen-bond acceptors (Lipinski definition) is 7. The predicted molar refractivity (Wildman–Crippen MR) is 111 cm³/mol. The summed E-state index contributed by atoms with van der Waals surface area (Å²) >= 11 is 0. The predicted octanol–water partition coefficient (Wildman–Crippen LogP) is 5.82. The topological polar surface area (TPSA) is 82.1 Å². The minimum Gasteiger partial charge on any atom is -0.300 e. The molecule has 7 heteroatoms. The third kappa shape index (κ3) is 14.9. The highest BCUT2D eigenvalue weighted by molar-refractivity contribution is 5.73. The zero-order valence-electron chi connectivity index (χ0n) is 18.9. The first-order valence-corrected chi connectivity index (χ1v) is 11.4. The zero-order valence-corrected chi connectivity index (χ0v) is 18.9. The Labute approximate surface area is 176 Å². The molecule has 170 valence electrons. The van der Waals surface area contributed by atoms with E-state index in [4.69, 9.17) is 14.5 Å². The normalized spacial score (nSPS) is 11.0. The summed E-state index contributed by atoms with van der Waals surface area (Å²) in [4.78, 5) is 51.8. The van der Waals surface area contributed by atoms with E-state index in [1.165, 1.54) is 0 Å². The van der Waals surface area contributed by atoms with E-state index in [2.05, 4.69) is 13.8 Å². The van der Waals surface area contributed by atoms with Crippen molar-refractivity contribution in [2.75, 3.05) is 0 Å². The van der Waals surface area contributed by atoms with E-state index in [1.807, 2.05) is 13.8 Å². The molecule has 0 amide bonds. The lowest BCUT2D eigenvalue weighted by atomic mass is 9.96. The maximum atomic E-state index is 12.6. The van der Waals surface area contributed by atoms with Crippen LogP contribution >= 0.6 is 0 Å². The van der Waals surface area contributed by atoms with Crippen molar-refractivity contribution in [2.24, 2.45) is 5.92 Å². The molecule has 29 heavy (non-hydrogen) atoms. The molecule has 0 saturated carbocycles. The highest BCUT2D eigenvalue weighted by Gasteiger charge is 2.27. The second-order valence-electron chi connectivity index (χ2n) is 7.46. The second-order valence-corrected chi connectivity index (χ2v) is 7.46. The number of hydrogen-bond donors (Lipinski definition) is 0. The van der Waals surface area contributed by atoms with Gasteiger partial charge in [-0.25, -0.2) is 4.79 Å². The Hall–Kier alpha value is -1.63. The SMILES string of the molecule is CCCCCC(=O)ON(OC(=O)CCCCC)OC(=O)C(CCCC)CCCC. The van der Waals surface area contributed by atoms with Gasteiger partial charge in [-0.3, -0.25) is 9.59 Å². The van der Waals surface area contributed by atoms with E-state index in [-0.39, 0.29) is 18.8 Å². The molecule has 0 fully saturated rings. The van der Waals surface area contributed by atoms with Crippen molar-refractivity contribution in [3.63, 3.8) is 0 Å². The van der Waals surface area contributed by atoms with E-state index < -0.39 is 17.9 Å². The van der Waals surface area contributed by atoms with E-state index in [0.717, 1.165) is 51.4 Å². The Bertz CT molecular complexity index is 423. The van der Waals surface area contributed by atoms with Crippen molar-refractivity contribution >= 4 is 17.9 Å². The average Bonchev–Trinajstić information content (AvgIpc) is 2.68. The quantitative estimate of drug-likeness (QED) is 0.206. The first-order valence-electron chi connectivity index (χ1n) is 11.4. The molecule has 0 spiro atoms. The van der Waals surface area contributed by atoms with E-state index in [1.54, 1.807) is 0 Å². The number of unbranched alkanes of at least 4 members (excludes halogenated alkanes) is 6. The van der Waals surface area contributed by atoms with Gasteiger partial charge in [-0.15, -0.1) is 0 Å². The van der Waals surface area contributed by atoms with Gasteiger partial charge in [-0.1, -0.05) is 79.1 Å². The van der Waals surface area contributed by atoms with Crippen LogP contribution in [-0.2, 0) is 28.9 Å². The van der Waals surface area contributed by atoms with Crippen molar-refractivity contribution < 1.29 is 28.9 Å². The molecule has 0 heterocycles. The fourth-order valence-corrected chi connectivity index (χ4v) is 2.78. The van der Waals surface area contributed by atoms with Gasteiger partial charge < -0.3 is 14.5 Å². The molecule has 0 rings (SSSR count). The fraction of sp³-hybridized carbons (Fsp3) is 0.864. The number of carbonyl (C=O) groups is 3. The Kier molecular flexibility index (Phi) is 17.4. The largest absolute Gasteiger partial charge is 0.335 e. The van der Waals surface area contributed by atoms with Gasteiger partial charge in [-0.05, 0) is 25.7 Å². The van der Waals surface area contributed by atoms with Crippen LogP contribution in [0.3, 0.4) is 0 Å². The third-order valence-electron chi connectivity index (χ3n) is 4.63. The lowest BCUT2D eigenvalue weighted by Crippen LogP contribution is -2.35. The first kappa shape index (κ1) is 27.4. The van der Waals surface area contributed by atoms with E-state index >= 15 is 0 Å². The van der Waals surface area contributed by atoms with Gasteiger partial charge in [0.05, 0.1) is 5.92 Å². The Balaban J connectivity index is 4.90. The minimum absolute atomic E-state index is 0.171. The summed E-state index contributed by atoms with van der Waals surface area (Å²) in [7, 11) is 0. The van der Waals surface area contributed by atoms with Crippen molar-refractivity contribution in [1.82, 2.24) is 5.39 Å². The van der Waals surface area contributed by atoms with Crippen LogP contribution in [0.2, 0.25) is 0 Å². The molecule has 7 nitrogen and oxygen atoms in total. The lowest BCUT2D eigenvalue weighted by molar-refractivity contribution is -0.465. The molecule has 0 radical (unpaired) electrons. The van der Waals surface area contributed by atoms with Gasteiger partial charge in [-0.2, -0.15) is 0 Å². The molecular weight excluding hydrogens is 374 g/mol. The van der Waals surface area contributed by atoms with Crippen LogP contribution in [0.5, 0.6) is 0 Å². The smallest absolute Gasteiger partial charge is 0.300 e. The highest BCUT2D eigenvalue weighted by atomic mass is 17.2. The van der Waals surface area contributed by atoms with E-state index in [9.17, 15) is 14.4 Å². The molecule has 0 aromatic carbocycles. The van der Waals surface area contributed by atoms with Crippen molar-refractivity contribution in [1.29, 1.82) is 0 Å². The van der Waals surface area contributed by atoms with Crippen LogP contribution in [0.1, 0.15) is 118 Å². The van der Waals surface area contributed by atoms with E-state index in [0.29, 0.717) is 31.1 Å². The minimum atomic E-state index is -0.591. The molecule has 0 bridgehead atoms. The molecule has 0 aliphatic carbocycles. The van der Waals surface area contributed by atoms with Crippen LogP contribution < -0.4 is 0 Å². The van der Waals surface area contributed by atoms with Gasteiger partial charge >= 0.3 is 17.9 Å². The Morgan fingerprint density at radius 3 is 1.41 bits per heavy atom. The molecule has 0 aromatic heterocycles. The highest BCUT2D eigenvalue weighted by Crippen LogP contribution is 2.19. The summed E-state index contributed by atoms with van der Waals surface area (Å²) in [5, 5.41) is 0.329. The summed E-state index contributed by atoms with van der Waals surface area (Å²) in [6, 6.07) is 0. The van der Waals surface area contributed by atoms with Crippen LogP contribution in [0.4, 0.5) is 0 Å². The molecule has 0 unspecified atom stereocenters. The van der Waals surface area contributed by atoms with Crippen molar-refractivity contribution in [3.05, 3.63) is 0 Å². The van der Waals surface area contributed by atoms with Gasteiger partial charge in [0.2, 0.25) is 5.39 Å².